The number of rotatable bonds is 5. The molecule has 0 aliphatic carbocycles. The predicted molar refractivity (Wildman–Crippen MR) is 83.8 cm³/mol. The zero-order valence-electron chi connectivity index (χ0n) is 12.8. The topological polar surface area (TPSA) is 67.1 Å². The number of nitrogens with one attached hydrogen (secondary N) is 2. The van der Waals surface area contributed by atoms with E-state index in [2.05, 4.69) is 56.9 Å². The SMILES string of the molecule is CCNC(=NCc1cccc(C)c1)NCc1ncnn1C. The first-order valence-electron chi connectivity index (χ1n) is 7.09. The van der Waals surface area contributed by atoms with E-state index < -0.39 is 0 Å². The number of hydrogen-bond donors (Lipinski definition) is 2. The van der Waals surface area contributed by atoms with Gasteiger partial charge in [-0.1, -0.05) is 29.8 Å². The normalized spacial score (nSPS) is 11.5. The van der Waals surface area contributed by atoms with Gasteiger partial charge in [0.1, 0.15) is 12.2 Å². The molecule has 0 amide bonds. The van der Waals surface area contributed by atoms with Crippen molar-refractivity contribution in [1.29, 1.82) is 0 Å². The minimum Gasteiger partial charge on any atom is -0.357 e. The fraction of sp³-hybridized carbons (Fsp3) is 0.400. The van der Waals surface area contributed by atoms with E-state index in [1.165, 1.54) is 11.1 Å². The summed E-state index contributed by atoms with van der Waals surface area (Å²) in [6.45, 7) is 6.20. The summed E-state index contributed by atoms with van der Waals surface area (Å²) in [5.41, 5.74) is 2.45. The Labute approximate surface area is 125 Å². The Kier molecular flexibility index (Phi) is 5.31. The molecule has 0 unspecified atom stereocenters. The van der Waals surface area contributed by atoms with Crippen molar-refractivity contribution in [3.8, 4) is 0 Å². The van der Waals surface area contributed by atoms with Crippen LogP contribution in [0.4, 0.5) is 0 Å². The van der Waals surface area contributed by atoms with Crippen LogP contribution in [0.3, 0.4) is 0 Å². The summed E-state index contributed by atoms with van der Waals surface area (Å²) in [4.78, 5) is 8.78. The monoisotopic (exact) mass is 286 g/mol. The number of nitrogens with zero attached hydrogens (tertiary/aromatic N) is 4. The molecule has 0 spiro atoms. The number of aliphatic imine (C=N–C) groups is 1. The van der Waals surface area contributed by atoms with Crippen LogP contribution in [-0.2, 0) is 20.1 Å². The Morgan fingerprint density at radius 2 is 2.19 bits per heavy atom. The Balaban J connectivity index is 1.97. The van der Waals surface area contributed by atoms with Gasteiger partial charge in [-0.25, -0.2) is 9.98 Å². The van der Waals surface area contributed by atoms with Crippen LogP contribution in [-0.4, -0.2) is 27.3 Å². The maximum atomic E-state index is 4.59. The molecule has 6 heteroatoms. The Morgan fingerprint density at radius 1 is 1.33 bits per heavy atom. The molecule has 2 rings (SSSR count). The van der Waals surface area contributed by atoms with E-state index in [0.717, 1.165) is 18.3 Å². The van der Waals surface area contributed by atoms with Gasteiger partial charge < -0.3 is 10.6 Å². The van der Waals surface area contributed by atoms with Crippen molar-refractivity contribution in [2.45, 2.75) is 26.9 Å². The number of guanidine groups is 1. The summed E-state index contributed by atoms with van der Waals surface area (Å²) in [6.07, 6.45) is 1.55. The van der Waals surface area contributed by atoms with Crippen LogP contribution in [0.5, 0.6) is 0 Å². The van der Waals surface area contributed by atoms with E-state index in [0.29, 0.717) is 13.1 Å². The molecule has 1 heterocycles. The van der Waals surface area contributed by atoms with Crippen molar-refractivity contribution in [1.82, 2.24) is 25.4 Å². The van der Waals surface area contributed by atoms with Gasteiger partial charge in [0.05, 0.1) is 13.1 Å². The minimum atomic E-state index is 0.593. The fourth-order valence-corrected chi connectivity index (χ4v) is 1.97. The smallest absolute Gasteiger partial charge is 0.191 e. The van der Waals surface area contributed by atoms with Gasteiger partial charge >= 0.3 is 0 Å². The van der Waals surface area contributed by atoms with Crippen molar-refractivity contribution in [3.63, 3.8) is 0 Å². The average Bonchev–Trinajstić information content (AvgIpc) is 2.87. The molecule has 2 aromatic rings. The molecule has 0 fully saturated rings. The highest BCUT2D eigenvalue weighted by Gasteiger charge is 2.02. The second-order valence-electron chi connectivity index (χ2n) is 4.84. The molecular formula is C15H22N6. The number of hydrogen-bond acceptors (Lipinski definition) is 3. The van der Waals surface area contributed by atoms with Crippen molar-refractivity contribution in [2.75, 3.05) is 6.54 Å². The molecule has 0 radical (unpaired) electrons. The second-order valence-corrected chi connectivity index (χ2v) is 4.84. The summed E-state index contributed by atoms with van der Waals surface area (Å²) in [7, 11) is 1.88. The third-order valence-corrected chi connectivity index (χ3v) is 3.07. The summed E-state index contributed by atoms with van der Waals surface area (Å²) in [5, 5.41) is 10.5. The molecule has 112 valence electrons. The second kappa shape index (κ2) is 7.42. The van der Waals surface area contributed by atoms with E-state index in [-0.39, 0.29) is 0 Å². The van der Waals surface area contributed by atoms with Gasteiger partial charge in [-0.05, 0) is 19.4 Å². The van der Waals surface area contributed by atoms with Crippen molar-refractivity contribution in [3.05, 3.63) is 47.5 Å². The largest absolute Gasteiger partial charge is 0.357 e. The summed E-state index contributed by atoms with van der Waals surface area (Å²) >= 11 is 0. The number of aryl methyl sites for hydroxylation is 2. The average molecular weight is 286 g/mol. The quantitative estimate of drug-likeness (QED) is 0.644. The highest BCUT2D eigenvalue weighted by atomic mass is 15.3. The van der Waals surface area contributed by atoms with Crippen molar-refractivity contribution in [2.24, 2.45) is 12.0 Å². The van der Waals surface area contributed by atoms with Crippen LogP contribution >= 0.6 is 0 Å². The molecule has 0 aliphatic heterocycles. The molecule has 0 bridgehead atoms. The predicted octanol–water partition coefficient (Wildman–Crippen LogP) is 1.38. The first-order chi connectivity index (χ1) is 10.2. The molecule has 6 nitrogen and oxygen atoms in total. The van der Waals surface area contributed by atoms with Crippen molar-refractivity contribution >= 4 is 5.96 Å². The van der Waals surface area contributed by atoms with Crippen LogP contribution < -0.4 is 10.6 Å². The molecule has 1 aromatic heterocycles. The highest BCUT2D eigenvalue weighted by molar-refractivity contribution is 5.79. The Morgan fingerprint density at radius 3 is 2.86 bits per heavy atom. The maximum absolute atomic E-state index is 4.59. The lowest BCUT2D eigenvalue weighted by atomic mass is 10.1. The van der Waals surface area contributed by atoms with E-state index in [1.54, 1.807) is 11.0 Å². The summed E-state index contributed by atoms with van der Waals surface area (Å²) in [5.74, 6) is 1.65. The molecule has 0 saturated heterocycles. The van der Waals surface area contributed by atoms with Crippen LogP contribution in [0.2, 0.25) is 0 Å². The Bertz CT molecular complexity index is 602. The first-order valence-corrected chi connectivity index (χ1v) is 7.09. The zero-order chi connectivity index (χ0) is 15.1. The summed E-state index contributed by atoms with van der Waals surface area (Å²) < 4.78 is 1.75. The van der Waals surface area contributed by atoms with Gasteiger partial charge in [-0.2, -0.15) is 5.10 Å². The van der Waals surface area contributed by atoms with E-state index >= 15 is 0 Å². The lowest BCUT2D eigenvalue weighted by Gasteiger charge is -2.11. The van der Waals surface area contributed by atoms with Gasteiger partial charge in [0.25, 0.3) is 0 Å². The fourth-order valence-electron chi connectivity index (χ4n) is 1.97. The van der Waals surface area contributed by atoms with Gasteiger partial charge in [0, 0.05) is 13.6 Å². The van der Waals surface area contributed by atoms with Crippen LogP contribution in [0.25, 0.3) is 0 Å². The van der Waals surface area contributed by atoms with E-state index in [4.69, 9.17) is 0 Å². The molecule has 21 heavy (non-hydrogen) atoms. The van der Waals surface area contributed by atoms with Crippen LogP contribution in [0, 0.1) is 6.92 Å². The number of benzene rings is 1. The molecule has 0 saturated carbocycles. The third-order valence-electron chi connectivity index (χ3n) is 3.07. The standard InChI is InChI=1S/C15H22N6/c1-4-16-15(18-10-14-19-11-20-21(14)3)17-9-13-7-5-6-12(2)8-13/h5-8,11H,4,9-10H2,1-3H3,(H2,16,17,18). The highest BCUT2D eigenvalue weighted by Crippen LogP contribution is 2.05. The molecule has 1 aromatic carbocycles. The first kappa shape index (κ1) is 15.0. The van der Waals surface area contributed by atoms with Crippen LogP contribution in [0.15, 0.2) is 35.6 Å². The Hall–Kier alpha value is -2.37. The molecule has 0 atom stereocenters. The van der Waals surface area contributed by atoms with Gasteiger partial charge in [0.15, 0.2) is 5.96 Å². The van der Waals surface area contributed by atoms with E-state index in [9.17, 15) is 0 Å². The molecule has 0 aliphatic rings. The molecular weight excluding hydrogens is 264 g/mol. The lowest BCUT2D eigenvalue weighted by Crippen LogP contribution is -2.37. The van der Waals surface area contributed by atoms with Crippen molar-refractivity contribution < 1.29 is 0 Å². The van der Waals surface area contributed by atoms with Gasteiger partial charge in [0.2, 0.25) is 0 Å². The third kappa shape index (κ3) is 4.59. The summed E-state index contributed by atoms with van der Waals surface area (Å²) in [6, 6.07) is 8.38. The molecule has 2 N–H and O–H groups in total. The van der Waals surface area contributed by atoms with Gasteiger partial charge in [-0.15, -0.1) is 0 Å². The van der Waals surface area contributed by atoms with E-state index in [1.807, 2.05) is 14.0 Å². The minimum absolute atomic E-state index is 0.593. The van der Waals surface area contributed by atoms with Crippen LogP contribution in [0.1, 0.15) is 23.9 Å². The van der Waals surface area contributed by atoms with Gasteiger partial charge in [-0.3, -0.25) is 4.68 Å². The maximum Gasteiger partial charge on any atom is 0.191 e. The zero-order valence-corrected chi connectivity index (χ0v) is 12.8. The lowest BCUT2D eigenvalue weighted by molar-refractivity contribution is 0.673. The number of aromatic nitrogens is 3.